The SMILES string of the molecule is O=C(O[C@H]1C[N+]2(CSc3ccccc3)CCC1CC2)N(Cc1ccc(Br)s1)c1ccccc1. The predicted octanol–water partition coefficient (Wildman–Crippen LogP) is 7.01. The monoisotopic (exact) mass is 543 g/mol. The maximum absolute atomic E-state index is 13.5. The molecule has 0 saturated carbocycles. The van der Waals surface area contributed by atoms with Crippen LogP contribution in [-0.4, -0.2) is 42.2 Å². The summed E-state index contributed by atoms with van der Waals surface area (Å²) >= 11 is 7.11. The minimum atomic E-state index is -0.238. The number of quaternary nitrogens is 1. The fraction of sp³-hybridized carbons (Fsp3) is 0.346. The number of carbonyl (C=O) groups excluding carboxylic acids is 1. The molecule has 0 aliphatic carbocycles. The maximum atomic E-state index is 13.5. The third kappa shape index (κ3) is 5.48. The number of benzene rings is 2. The number of amides is 1. The highest BCUT2D eigenvalue weighted by Crippen LogP contribution is 2.38. The van der Waals surface area contributed by atoms with Gasteiger partial charge in [-0.3, -0.25) is 4.90 Å². The molecular formula is C26H28BrN2O2S2+. The van der Waals surface area contributed by atoms with E-state index in [0.29, 0.717) is 12.5 Å². The summed E-state index contributed by atoms with van der Waals surface area (Å²) in [6, 6.07) is 24.6. The molecule has 172 valence electrons. The third-order valence-electron chi connectivity index (χ3n) is 6.77. The number of nitrogens with zero attached hydrogens (tertiary/aromatic N) is 2. The van der Waals surface area contributed by atoms with E-state index in [0.717, 1.165) is 44.1 Å². The summed E-state index contributed by atoms with van der Waals surface area (Å²) in [6.45, 7) is 3.80. The summed E-state index contributed by atoms with van der Waals surface area (Å²) in [4.78, 5) is 17.7. The van der Waals surface area contributed by atoms with Crippen molar-refractivity contribution in [1.82, 2.24) is 0 Å². The van der Waals surface area contributed by atoms with Crippen LogP contribution in [-0.2, 0) is 11.3 Å². The van der Waals surface area contributed by atoms with Crippen LogP contribution >= 0.6 is 39.0 Å². The summed E-state index contributed by atoms with van der Waals surface area (Å²) in [5, 5.41) is 0. The first kappa shape index (κ1) is 23.0. The molecule has 0 radical (unpaired) electrons. The highest BCUT2D eigenvalue weighted by molar-refractivity contribution is 9.11. The number of para-hydroxylation sites is 1. The second-order valence-electron chi connectivity index (χ2n) is 8.95. The Hall–Kier alpha value is -1.80. The van der Waals surface area contributed by atoms with Crippen molar-refractivity contribution in [3.05, 3.63) is 81.5 Å². The van der Waals surface area contributed by atoms with Crippen LogP contribution in [0.2, 0.25) is 0 Å². The van der Waals surface area contributed by atoms with Gasteiger partial charge >= 0.3 is 6.09 Å². The standard InChI is InChI=1S/C26H28BrN2O2S2/c27-25-12-11-23(33-25)17-28(21-7-3-1-4-8-21)26(30)31-24-18-29(15-13-20(24)14-16-29)19-32-22-9-5-2-6-10-22/h1-12,20,24H,13-19H2/q+1/t20?,24-,29?/m0/s1. The number of piperidine rings is 3. The number of thiophene rings is 1. The molecule has 6 rings (SSSR count). The lowest BCUT2D eigenvalue weighted by Gasteiger charge is -2.51. The summed E-state index contributed by atoms with van der Waals surface area (Å²) in [6.07, 6.45) is 2.02. The number of halogens is 1. The fourth-order valence-electron chi connectivity index (χ4n) is 4.92. The molecule has 0 N–H and O–H groups in total. The average Bonchev–Trinajstić information content (AvgIpc) is 3.28. The van der Waals surface area contributed by atoms with E-state index < -0.39 is 0 Å². The number of ether oxygens (including phenoxy) is 1. The predicted molar refractivity (Wildman–Crippen MR) is 140 cm³/mol. The highest BCUT2D eigenvalue weighted by Gasteiger charge is 2.48. The Morgan fingerprint density at radius 2 is 1.73 bits per heavy atom. The van der Waals surface area contributed by atoms with Crippen LogP contribution in [0.15, 0.2) is 81.5 Å². The van der Waals surface area contributed by atoms with Crippen molar-refractivity contribution >= 4 is 50.8 Å². The fourth-order valence-corrected chi connectivity index (χ4v) is 7.53. The van der Waals surface area contributed by atoms with E-state index >= 15 is 0 Å². The Morgan fingerprint density at radius 1 is 1.03 bits per heavy atom. The van der Waals surface area contributed by atoms with E-state index in [1.54, 1.807) is 16.2 Å². The number of thioether (sulfide) groups is 1. The van der Waals surface area contributed by atoms with Crippen LogP contribution in [0.1, 0.15) is 17.7 Å². The lowest BCUT2D eigenvalue weighted by atomic mass is 9.84. The number of rotatable bonds is 7. The summed E-state index contributed by atoms with van der Waals surface area (Å²) < 4.78 is 8.36. The smallest absolute Gasteiger partial charge is 0.415 e. The second-order valence-corrected chi connectivity index (χ2v) is 12.5. The Labute approximate surface area is 212 Å². The van der Waals surface area contributed by atoms with E-state index in [-0.39, 0.29) is 12.2 Å². The third-order valence-corrected chi connectivity index (χ3v) is 9.66. The Bertz CT molecular complexity index is 1070. The van der Waals surface area contributed by atoms with E-state index in [1.807, 2.05) is 48.2 Å². The highest BCUT2D eigenvalue weighted by atomic mass is 79.9. The molecule has 1 aromatic heterocycles. The van der Waals surface area contributed by atoms with Gasteiger partial charge in [-0.15, -0.1) is 11.3 Å². The molecule has 1 atom stereocenters. The molecule has 33 heavy (non-hydrogen) atoms. The Balaban J connectivity index is 1.28. The lowest BCUT2D eigenvalue weighted by molar-refractivity contribution is -0.934. The normalized spacial score (nSPS) is 23.9. The number of carbonyl (C=O) groups is 1. The minimum absolute atomic E-state index is 0.0161. The zero-order valence-electron chi connectivity index (χ0n) is 18.4. The number of anilines is 1. The molecule has 0 unspecified atom stereocenters. The van der Waals surface area contributed by atoms with E-state index in [1.165, 1.54) is 18.0 Å². The van der Waals surface area contributed by atoms with E-state index in [4.69, 9.17) is 4.74 Å². The molecule has 0 spiro atoms. The van der Waals surface area contributed by atoms with Gasteiger partial charge in [0, 0.05) is 34.2 Å². The molecule has 4 nitrogen and oxygen atoms in total. The Morgan fingerprint density at radius 3 is 2.39 bits per heavy atom. The molecule has 7 heteroatoms. The van der Waals surface area contributed by atoms with E-state index in [2.05, 4.69) is 52.3 Å². The number of fused-ring (bicyclic) bond motifs is 3. The molecule has 3 saturated heterocycles. The maximum Gasteiger partial charge on any atom is 0.415 e. The first-order chi connectivity index (χ1) is 16.1. The van der Waals surface area contributed by atoms with Gasteiger partial charge in [-0.1, -0.05) is 48.2 Å². The number of hydrogen-bond donors (Lipinski definition) is 0. The zero-order chi connectivity index (χ0) is 22.7. The molecule has 2 aromatic carbocycles. The summed E-state index contributed by atoms with van der Waals surface area (Å²) in [5.74, 6) is 1.51. The average molecular weight is 545 g/mol. The second kappa shape index (κ2) is 10.2. The van der Waals surface area contributed by atoms with Crippen molar-refractivity contribution in [1.29, 1.82) is 0 Å². The van der Waals surface area contributed by atoms with Gasteiger partial charge in [-0.05, 0) is 52.3 Å². The van der Waals surface area contributed by atoms with Crippen molar-refractivity contribution in [2.45, 2.75) is 30.4 Å². The summed E-state index contributed by atoms with van der Waals surface area (Å²) in [7, 11) is 0. The van der Waals surface area contributed by atoms with Crippen molar-refractivity contribution in [3.8, 4) is 0 Å². The number of hydrogen-bond acceptors (Lipinski definition) is 4. The molecular weight excluding hydrogens is 516 g/mol. The molecule has 2 bridgehead atoms. The topological polar surface area (TPSA) is 29.5 Å². The molecule has 3 aromatic rings. The van der Waals surface area contributed by atoms with E-state index in [9.17, 15) is 4.79 Å². The van der Waals surface area contributed by atoms with Gasteiger partial charge in [-0.25, -0.2) is 4.79 Å². The van der Waals surface area contributed by atoms with Gasteiger partial charge in [0.15, 0.2) is 6.10 Å². The van der Waals surface area contributed by atoms with Gasteiger partial charge in [0.05, 0.1) is 23.4 Å². The van der Waals surface area contributed by atoms with Crippen molar-refractivity contribution in [2.75, 3.05) is 30.4 Å². The van der Waals surface area contributed by atoms with Crippen LogP contribution in [0.3, 0.4) is 0 Å². The largest absolute Gasteiger partial charge is 0.440 e. The zero-order valence-corrected chi connectivity index (χ0v) is 21.7. The molecule has 3 fully saturated rings. The van der Waals surface area contributed by atoms with Crippen molar-refractivity contribution in [3.63, 3.8) is 0 Å². The van der Waals surface area contributed by atoms with Crippen LogP contribution in [0.4, 0.5) is 10.5 Å². The van der Waals surface area contributed by atoms with Gasteiger partial charge < -0.3 is 9.22 Å². The quantitative estimate of drug-likeness (QED) is 0.237. The van der Waals surface area contributed by atoms with Crippen LogP contribution < -0.4 is 4.90 Å². The van der Waals surface area contributed by atoms with Crippen LogP contribution in [0.25, 0.3) is 0 Å². The van der Waals surface area contributed by atoms with Crippen molar-refractivity contribution < 1.29 is 14.0 Å². The minimum Gasteiger partial charge on any atom is -0.440 e. The Kier molecular flexibility index (Phi) is 7.11. The molecule has 3 aliphatic rings. The van der Waals surface area contributed by atoms with Gasteiger partial charge in [0.25, 0.3) is 0 Å². The van der Waals surface area contributed by atoms with Gasteiger partial charge in [-0.2, -0.15) is 0 Å². The van der Waals surface area contributed by atoms with Gasteiger partial charge in [0.2, 0.25) is 0 Å². The first-order valence-corrected chi connectivity index (χ1v) is 14.0. The summed E-state index contributed by atoms with van der Waals surface area (Å²) in [5.41, 5.74) is 0.872. The van der Waals surface area contributed by atoms with Crippen LogP contribution in [0, 0.1) is 5.92 Å². The van der Waals surface area contributed by atoms with Crippen LogP contribution in [0.5, 0.6) is 0 Å². The van der Waals surface area contributed by atoms with Crippen molar-refractivity contribution in [2.24, 2.45) is 5.92 Å². The van der Waals surface area contributed by atoms with Gasteiger partial charge in [0.1, 0.15) is 12.4 Å². The molecule has 1 amide bonds. The molecule has 3 aliphatic heterocycles. The first-order valence-electron chi connectivity index (χ1n) is 11.4. The lowest BCUT2D eigenvalue weighted by Crippen LogP contribution is -2.64. The molecule has 4 heterocycles.